The zero-order chi connectivity index (χ0) is 15.9. The Bertz CT molecular complexity index is 473. The summed E-state index contributed by atoms with van der Waals surface area (Å²) in [5, 5.41) is 7.13. The standard InChI is InChI=1S/C16H27N5O2/c22-16(17-6-11-21-10-3-5-18-21)20-9-4-12-23-15(14-20)13-19-7-1-2-8-19/h3,5,10,15H,1-2,4,6-9,11-14H2,(H,17,22)/t15-/m0/s1. The number of nitrogens with one attached hydrogen (secondary N) is 1. The van der Waals surface area contributed by atoms with Crippen molar-refractivity contribution in [2.75, 3.05) is 45.9 Å². The first-order valence-corrected chi connectivity index (χ1v) is 8.65. The lowest BCUT2D eigenvalue weighted by atomic mass is 10.3. The van der Waals surface area contributed by atoms with Gasteiger partial charge in [0.25, 0.3) is 0 Å². The minimum absolute atomic E-state index is 0.00841. The van der Waals surface area contributed by atoms with E-state index in [2.05, 4.69) is 15.3 Å². The molecule has 0 radical (unpaired) electrons. The molecule has 3 rings (SSSR count). The third-order valence-corrected chi connectivity index (χ3v) is 4.47. The molecule has 7 nitrogen and oxygen atoms in total. The summed E-state index contributed by atoms with van der Waals surface area (Å²) in [7, 11) is 0. The summed E-state index contributed by atoms with van der Waals surface area (Å²) < 4.78 is 7.75. The summed E-state index contributed by atoms with van der Waals surface area (Å²) in [4.78, 5) is 16.7. The number of ether oxygens (including phenoxy) is 1. The molecule has 0 bridgehead atoms. The largest absolute Gasteiger partial charge is 0.375 e. The molecule has 0 saturated carbocycles. The number of nitrogens with zero attached hydrogens (tertiary/aromatic N) is 4. The summed E-state index contributed by atoms with van der Waals surface area (Å²) in [5.74, 6) is 0. The Hall–Kier alpha value is -1.60. The van der Waals surface area contributed by atoms with Gasteiger partial charge in [0.1, 0.15) is 0 Å². The number of likely N-dealkylation sites (tertiary alicyclic amines) is 1. The molecule has 1 aromatic rings. The van der Waals surface area contributed by atoms with Gasteiger partial charge in [0, 0.05) is 45.2 Å². The van der Waals surface area contributed by atoms with Crippen molar-refractivity contribution >= 4 is 6.03 Å². The molecular weight excluding hydrogens is 294 g/mol. The van der Waals surface area contributed by atoms with E-state index in [1.165, 1.54) is 12.8 Å². The van der Waals surface area contributed by atoms with Crippen LogP contribution in [0.2, 0.25) is 0 Å². The molecule has 0 unspecified atom stereocenters. The second-order valence-corrected chi connectivity index (χ2v) is 6.30. The molecule has 2 fully saturated rings. The second-order valence-electron chi connectivity index (χ2n) is 6.30. The lowest BCUT2D eigenvalue weighted by Gasteiger charge is -2.27. The van der Waals surface area contributed by atoms with Gasteiger partial charge in [0.2, 0.25) is 0 Å². The summed E-state index contributed by atoms with van der Waals surface area (Å²) in [5.41, 5.74) is 0. The Morgan fingerprint density at radius 2 is 2.13 bits per heavy atom. The Labute approximate surface area is 137 Å². The number of aromatic nitrogens is 2. The van der Waals surface area contributed by atoms with Crippen LogP contribution >= 0.6 is 0 Å². The number of carbonyl (C=O) groups is 1. The van der Waals surface area contributed by atoms with E-state index < -0.39 is 0 Å². The van der Waals surface area contributed by atoms with Crippen molar-refractivity contribution in [3.63, 3.8) is 0 Å². The zero-order valence-electron chi connectivity index (χ0n) is 13.7. The van der Waals surface area contributed by atoms with Gasteiger partial charge in [-0.3, -0.25) is 4.68 Å². The van der Waals surface area contributed by atoms with Crippen molar-refractivity contribution in [2.24, 2.45) is 0 Å². The summed E-state index contributed by atoms with van der Waals surface area (Å²) >= 11 is 0. The Balaban J connectivity index is 1.43. The molecule has 0 aromatic carbocycles. The minimum atomic E-state index is 0.00841. The average Bonchev–Trinajstić information content (AvgIpc) is 3.19. The van der Waals surface area contributed by atoms with Crippen LogP contribution in [-0.2, 0) is 11.3 Å². The van der Waals surface area contributed by atoms with Crippen LogP contribution in [0.5, 0.6) is 0 Å². The highest BCUT2D eigenvalue weighted by Crippen LogP contribution is 2.12. The van der Waals surface area contributed by atoms with Crippen LogP contribution in [0.1, 0.15) is 19.3 Å². The molecule has 3 heterocycles. The molecule has 1 aromatic heterocycles. The van der Waals surface area contributed by atoms with Crippen molar-refractivity contribution in [3.8, 4) is 0 Å². The highest BCUT2D eigenvalue weighted by molar-refractivity contribution is 5.74. The smallest absolute Gasteiger partial charge is 0.317 e. The van der Waals surface area contributed by atoms with Crippen molar-refractivity contribution in [1.29, 1.82) is 0 Å². The van der Waals surface area contributed by atoms with Crippen LogP contribution in [0, 0.1) is 0 Å². The maximum absolute atomic E-state index is 12.4. The van der Waals surface area contributed by atoms with E-state index in [1.54, 1.807) is 6.20 Å². The van der Waals surface area contributed by atoms with E-state index >= 15 is 0 Å². The molecule has 1 atom stereocenters. The quantitative estimate of drug-likeness (QED) is 0.870. The highest BCUT2D eigenvalue weighted by Gasteiger charge is 2.25. The van der Waals surface area contributed by atoms with Crippen LogP contribution in [0.15, 0.2) is 18.5 Å². The van der Waals surface area contributed by atoms with Gasteiger partial charge in [-0.1, -0.05) is 0 Å². The summed E-state index contributed by atoms with van der Waals surface area (Å²) in [6, 6.07) is 1.89. The van der Waals surface area contributed by atoms with Crippen LogP contribution < -0.4 is 5.32 Å². The predicted octanol–water partition coefficient (Wildman–Crippen LogP) is 0.779. The van der Waals surface area contributed by atoms with Gasteiger partial charge in [-0.2, -0.15) is 5.10 Å². The fourth-order valence-electron chi connectivity index (χ4n) is 3.27. The highest BCUT2D eigenvalue weighted by atomic mass is 16.5. The fraction of sp³-hybridized carbons (Fsp3) is 0.750. The first kappa shape index (κ1) is 16.3. The Morgan fingerprint density at radius 1 is 1.26 bits per heavy atom. The first-order valence-electron chi connectivity index (χ1n) is 8.65. The average molecular weight is 321 g/mol. The van der Waals surface area contributed by atoms with Gasteiger partial charge < -0.3 is 19.9 Å². The molecule has 0 spiro atoms. The maximum atomic E-state index is 12.4. The molecule has 23 heavy (non-hydrogen) atoms. The van der Waals surface area contributed by atoms with Gasteiger partial charge >= 0.3 is 6.03 Å². The Morgan fingerprint density at radius 3 is 2.91 bits per heavy atom. The number of carbonyl (C=O) groups excluding carboxylic acids is 1. The number of hydrogen-bond acceptors (Lipinski definition) is 4. The molecule has 2 aliphatic heterocycles. The van der Waals surface area contributed by atoms with Crippen LogP contribution in [0.3, 0.4) is 0 Å². The van der Waals surface area contributed by atoms with E-state index in [-0.39, 0.29) is 12.1 Å². The monoisotopic (exact) mass is 321 g/mol. The van der Waals surface area contributed by atoms with Crippen molar-refractivity contribution < 1.29 is 9.53 Å². The molecule has 7 heteroatoms. The second kappa shape index (κ2) is 8.31. The number of rotatable bonds is 5. The van der Waals surface area contributed by atoms with Gasteiger partial charge in [-0.15, -0.1) is 0 Å². The predicted molar refractivity (Wildman–Crippen MR) is 87.2 cm³/mol. The third-order valence-electron chi connectivity index (χ3n) is 4.47. The first-order chi connectivity index (χ1) is 11.3. The van der Waals surface area contributed by atoms with Crippen LogP contribution in [-0.4, -0.2) is 77.6 Å². The van der Waals surface area contributed by atoms with Crippen molar-refractivity contribution in [2.45, 2.75) is 31.9 Å². The van der Waals surface area contributed by atoms with E-state index in [4.69, 9.17) is 4.74 Å². The molecule has 2 amide bonds. The fourth-order valence-corrected chi connectivity index (χ4v) is 3.27. The van der Waals surface area contributed by atoms with E-state index in [9.17, 15) is 4.79 Å². The normalized spacial score (nSPS) is 23.0. The number of amides is 2. The molecule has 0 aliphatic carbocycles. The topological polar surface area (TPSA) is 62.6 Å². The maximum Gasteiger partial charge on any atom is 0.317 e. The number of urea groups is 1. The van der Waals surface area contributed by atoms with Gasteiger partial charge in [-0.25, -0.2) is 4.79 Å². The SMILES string of the molecule is O=C(NCCn1cccn1)N1CCCO[C@@H](CN2CCCC2)C1. The molecule has 1 N–H and O–H groups in total. The van der Waals surface area contributed by atoms with Crippen molar-refractivity contribution in [1.82, 2.24) is 24.9 Å². The van der Waals surface area contributed by atoms with E-state index in [0.717, 1.165) is 39.2 Å². The molecule has 2 aliphatic rings. The zero-order valence-corrected chi connectivity index (χ0v) is 13.7. The molecule has 128 valence electrons. The summed E-state index contributed by atoms with van der Waals surface area (Å²) in [6.07, 6.45) is 7.25. The summed E-state index contributed by atoms with van der Waals surface area (Å²) in [6.45, 7) is 6.75. The number of hydrogen-bond donors (Lipinski definition) is 1. The lowest BCUT2D eigenvalue weighted by molar-refractivity contribution is 0.0349. The Kier molecular flexibility index (Phi) is 5.87. The van der Waals surface area contributed by atoms with Gasteiger partial charge in [0.05, 0.1) is 12.6 Å². The van der Waals surface area contributed by atoms with Crippen LogP contribution in [0.4, 0.5) is 4.79 Å². The van der Waals surface area contributed by atoms with E-state index in [0.29, 0.717) is 19.6 Å². The van der Waals surface area contributed by atoms with Gasteiger partial charge in [0.15, 0.2) is 0 Å². The molecule has 2 saturated heterocycles. The van der Waals surface area contributed by atoms with Crippen molar-refractivity contribution in [3.05, 3.63) is 18.5 Å². The van der Waals surface area contributed by atoms with Gasteiger partial charge in [-0.05, 0) is 38.4 Å². The minimum Gasteiger partial charge on any atom is -0.375 e. The van der Waals surface area contributed by atoms with Crippen LogP contribution in [0.25, 0.3) is 0 Å². The third kappa shape index (κ3) is 4.94. The molecular formula is C16H27N5O2. The van der Waals surface area contributed by atoms with E-state index in [1.807, 2.05) is 21.8 Å². The lowest BCUT2D eigenvalue weighted by Crippen LogP contribution is -2.46.